The van der Waals surface area contributed by atoms with E-state index < -0.39 is 0 Å². The smallest absolute Gasteiger partial charge is 0.203 e. The average molecular weight is 386 g/mol. The van der Waals surface area contributed by atoms with Crippen molar-refractivity contribution in [3.05, 3.63) is 90.6 Å². The first kappa shape index (κ1) is 18.4. The van der Waals surface area contributed by atoms with E-state index >= 15 is 0 Å². The van der Waals surface area contributed by atoms with E-state index in [0.717, 1.165) is 23.8 Å². The Hall–Kier alpha value is -2.98. The molecule has 3 aromatic carbocycles. The van der Waals surface area contributed by atoms with Gasteiger partial charge in [0, 0.05) is 18.5 Å². The largest absolute Gasteiger partial charge is 0.352 e. The minimum atomic E-state index is 0.756. The van der Waals surface area contributed by atoms with Crippen molar-refractivity contribution in [1.82, 2.24) is 9.55 Å². The number of hydrogen-bond acceptors (Lipinski definition) is 3. The Morgan fingerprint density at radius 2 is 1.46 bits per heavy atom. The Morgan fingerprint density at radius 3 is 2.14 bits per heavy atom. The monoisotopic (exact) mass is 385 g/mol. The van der Waals surface area contributed by atoms with Gasteiger partial charge < -0.3 is 9.88 Å². The van der Waals surface area contributed by atoms with Crippen LogP contribution in [0.25, 0.3) is 22.4 Å². The van der Waals surface area contributed by atoms with Gasteiger partial charge in [-0.2, -0.15) is 0 Å². The van der Waals surface area contributed by atoms with E-state index in [1.807, 2.05) is 19.3 Å². The summed E-state index contributed by atoms with van der Waals surface area (Å²) in [6.07, 6.45) is 4.02. The molecule has 0 aliphatic rings. The maximum atomic E-state index is 4.57. The minimum Gasteiger partial charge on any atom is -0.352 e. The van der Waals surface area contributed by atoms with E-state index in [1.165, 1.54) is 21.6 Å². The van der Waals surface area contributed by atoms with Crippen LogP contribution in [0.4, 0.5) is 5.95 Å². The number of nitrogens with zero attached hydrogens (tertiary/aromatic N) is 2. The summed E-state index contributed by atoms with van der Waals surface area (Å²) in [6.45, 7) is 0.756. The lowest BCUT2D eigenvalue weighted by molar-refractivity contribution is 0.906. The molecule has 4 rings (SSSR count). The number of hydrogen-bond donors (Lipinski definition) is 1. The molecule has 0 fully saturated rings. The first-order chi connectivity index (χ1) is 13.7. The Labute approximate surface area is 170 Å². The van der Waals surface area contributed by atoms with Crippen LogP contribution in [0.15, 0.2) is 90.0 Å². The molecule has 140 valence electrons. The first-order valence-corrected chi connectivity index (χ1v) is 10.5. The lowest BCUT2D eigenvalue weighted by Crippen LogP contribution is -2.05. The lowest BCUT2D eigenvalue weighted by Gasteiger charge is -2.09. The average Bonchev–Trinajstić information content (AvgIpc) is 3.13. The third kappa shape index (κ3) is 3.97. The zero-order valence-electron chi connectivity index (χ0n) is 16.1. The maximum absolute atomic E-state index is 4.57. The van der Waals surface area contributed by atoms with Crippen molar-refractivity contribution in [2.24, 2.45) is 7.05 Å². The van der Waals surface area contributed by atoms with E-state index in [9.17, 15) is 0 Å². The maximum Gasteiger partial charge on any atom is 0.203 e. The fourth-order valence-electron chi connectivity index (χ4n) is 3.23. The van der Waals surface area contributed by atoms with Crippen molar-refractivity contribution in [3.8, 4) is 22.4 Å². The molecular formula is C24H23N3S. The van der Waals surface area contributed by atoms with Crippen LogP contribution in [0.2, 0.25) is 0 Å². The molecule has 0 saturated heterocycles. The number of imidazole rings is 1. The van der Waals surface area contributed by atoms with Crippen molar-refractivity contribution in [2.45, 2.75) is 11.4 Å². The molecule has 28 heavy (non-hydrogen) atoms. The van der Waals surface area contributed by atoms with Crippen molar-refractivity contribution in [2.75, 3.05) is 11.6 Å². The van der Waals surface area contributed by atoms with Crippen LogP contribution in [-0.4, -0.2) is 15.8 Å². The molecule has 0 amide bonds. The Balaban J connectivity index is 1.48. The van der Waals surface area contributed by atoms with Crippen LogP contribution in [-0.2, 0) is 13.6 Å². The lowest BCUT2D eigenvalue weighted by atomic mass is 10.0. The quantitative estimate of drug-likeness (QED) is 0.407. The number of rotatable bonds is 6. The van der Waals surface area contributed by atoms with E-state index in [0.29, 0.717) is 0 Å². The highest BCUT2D eigenvalue weighted by Crippen LogP contribution is 2.26. The number of anilines is 1. The molecule has 0 bridgehead atoms. The van der Waals surface area contributed by atoms with Gasteiger partial charge in [0.25, 0.3) is 0 Å². The second kappa shape index (κ2) is 8.36. The molecule has 3 nitrogen and oxygen atoms in total. The van der Waals surface area contributed by atoms with Gasteiger partial charge >= 0.3 is 0 Å². The van der Waals surface area contributed by atoms with Gasteiger partial charge in [-0.3, -0.25) is 0 Å². The number of thioether (sulfide) groups is 1. The highest BCUT2D eigenvalue weighted by Gasteiger charge is 2.09. The fourth-order valence-corrected chi connectivity index (χ4v) is 3.64. The Morgan fingerprint density at radius 1 is 0.821 bits per heavy atom. The summed E-state index contributed by atoms with van der Waals surface area (Å²) < 4.78 is 2.10. The molecule has 0 aliphatic heterocycles. The van der Waals surface area contributed by atoms with Gasteiger partial charge in [-0.1, -0.05) is 66.7 Å². The Kier molecular flexibility index (Phi) is 5.49. The molecule has 0 saturated carbocycles. The summed E-state index contributed by atoms with van der Waals surface area (Å²) >= 11 is 1.76. The molecule has 0 spiro atoms. The van der Waals surface area contributed by atoms with Crippen LogP contribution in [0.1, 0.15) is 5.56 Å². The van der Waals surface area contributed by atoms with Crippen molar-refractivity contribution in [3.63, 3.8) is 0 Å². The predicted octanol–water partition coefficient (Wildman–Crippen LogP) is 6.09. The third-order valence-corrected chi connectivity index (χ3v) is 5.63. The molecule has 0 atom stereocenters. The molecule has 1 aromatic heterocycles. The van der Waals surface area contributed by atoms with E-state index in [2.05, 4.69) is 93.9 Å². The summed E-state index contributed by atoms with van der Waals surface area (Å²) in [6, 6.07) is 27.7. The SMILES string of the molecule is CSc1ccc(CNc2ncc(-c3ccc(-c4ccccc4)cc3)n2C)cc1. The van der Waals surface area contributed by atoms with Gasteiger partial charge in [0.15, 0.2) is 0 Å². The minimum absolute atomic E-state index is 0.756. The molecular weight excluding hydrogens is 362 g/mol. The summed E-state index contributed by atoms with van der Waals surface area (Å²) in [5.41, 5.74) is 5.95. The second-order valence-corrected chi connectivity index (χ2v) is 7.55. The van der Waals surface area contributed by atoms with E-state index in [1.54, 1.807) is 11.8 Å². The van der Waals surface area contributed by atoms with Crippen molar-refractivity contribution >= 4 is 17.7 Å². The van der Waals surface area contributed by atoms with Gasteiger partial charge in [-0.05, 0) is 40.6 Å². The topological polar surface area (TPSA) is 29.9 Å². The predicted molar refractivity (Wildman–Crippen MR) is 120 cm³/mol. The summed E-state index contributed by atoms with van der Waals surface area (Å²) in [4.78, 5) is 5.85. The molecule has 1 heterocycles. The van der Waals surface area contributed by atoms with Crippen LogP contribution < -0.4 is 5.32 Å². The highest BCUT2D eigenvalue weighted by molar-refractivity contribution is 7.98. The van der Waals surface area contributed by atoms with Crippen molar-refractivity contribution < 1.29 is 0 Å². The van der Waals surface area contributed by atoms with Crippen LogP contribution >= 0.6 is 11.8 Å². The van der Waals surface area contributed by atoms with Crippen LogP contribution in [0.5, 0.6) is 0 Å². The molecule has 0 aliphatic carbocycles. The molecule has 1 N–H and O–H groups in total. The number of nitrogens with one attached hydrogen (secondary N) is 1. The first-order valence-electron chi connectivity index (χ1n) is 9.29. The molecule has 4 aromatic rings. The van der Waals surface area contributed by atoms with Gasteiger partial charge in [0.05, 0.1) is 11.9 Å². The second-order valence-electron chi connectivity index (χ2n) is 6.67. The number of benzene rings is 3. The highest BCUT2D eigenvalue weighted by atomic mass is 32.2. The fraction of sp³-hybridized carbons (Fsp3) is 0.125. The number of aromatic nitrogens is 2. The van der Waals surface area contributed by atoms with E-state index in [-0.39, 0.29) is 0 Å². The van der Waals surface area contributed by atoms with Gasteiger partial charge in [0.2, 0.25) is 5.95 Å². The molecule has 0 radical (unpaired) electrons. The zero-order chi connectivity index (χ0) is 19.3. The summed E-state index contributed by atoms with van der Waals surface area (Å²) in [7, 11) is 2.05. The third-order valence-electron chi connectivity index (χ3n) is 4.89. The van der Waals surface area contributed by atoms with Gasteiger partial charge in [-0.15, -0.1) is 11.8 Å². The Bertz CT molecular complexity index is 1040. The van der Waals surface area contributed by atoms with E-state index in [4.69, 9.17) is 0 Å². The van der Waals surface area contributed by atoms with Gasteiger partial charge in [-0.25, -0.2) is 4.98 Å². The van der Waals surface area contributed by atoms with Crippen LogP contribution in [0, 0.1) is 0 Å². The standard InChI is InChI=1S/C24H23N3S/c1-27-23(21-12-10-20(11-13-21)19-6-4-3-5-7-19)17-26-24(27)25-16-18-8-14-22(28-2)15-9-18/h3-15,17H,16H2,1-2H3,(H,25,26). The van der Waals surface area contributed by atoms with Gasteiger partial charge in [0.1, 0.15) is 0 Å². The molecule has 0 unspecified atom stereocenters. The van der Waals surface area contributed by atoms with Crippen LogP contribution in [0.3, 0.4) is 0 Å². The zero-order valence-corrected chi connectivity index (χ0v) is 16.9. The van der Waals surface area contributed by atoms with Crippen molar-refractivity contribution in [1.29, 1.82) is 0 Å². The summed E-state index contributed by atoms with van der Waals surface area (Å²) in [5.74, 6) is 0.871. The normalized spacial score (nSPS) is 10.8. The molecule has 4 heteroatoms. The summed E-state index contributed by atoms with van der Waals surface area (Å²) in [5, 5.41) is 3.44.